The first-order chi connectivity index (χ1) is 10.2. The van der Waals surface area contributed by atoms with Crippen LogP contribution < -0.4 is 10.9 Å². The van der Waals surface area contributed by atoms with Gasteiger partial charge in [-0.05, 0) is 36.4 Å². The number of hydrogen-bond acceptors (Lipinski definition) is 3. The molecule has 0 heterocycles. The summed E-state index contributed by atoms with van der Waals surface area (Å²) in [5.74, 6) is -0.416. The average molecular weight is 345 g/mol. The monoisotopic (exact) mass is 344 g/mol. The largest absolute Gasteiger partial charge is 0.305 e. The summed E-state index contributed by atoms with van der Waals surface area (Å²) >= 11 is 3.31. The lowest BCUT2D eigenvalue weighted by Crippen LogP contribution is -2.33. The van der Waals surface area contributed by atoms with Crippen LogP contribution in [0.2, 0.25) is 0 Å². The minimum absolute atomic E-state index is 0.149. The zero-order valence-electron chi connectivity index (χ0n) is 11.0. The number of rotatable bonds is 5. The van der Waals surface area contributed by atoms with Gasteiger partial charge >= 0.3 is 0 Å². The molecule has 2 N–H and O–H groups in total. The molecule has 0 aliphatic carbocycles. The molecule has 2 aromatic carbocycles. The van der Waals surface area contributed by atoms with Crippen molar-refractivity contribution in [2.24, 2.45) is 0 Å². The molecule has 0 aliphatic heterocycles. The fourth-order valence-corrected chi connectivity index (χ4v) is 1.86. The van der Waals surface area contributed by atoms with Crippen molar-refractivity contribution in [3.05, 3.63) is 82.5 Å². The normalized spacial score (nSPS) is 10.3. The minimum atomic E-state index is -0.267. The van der Waals surface area contributed by atoms with Crippen molar-refractivity contribution in [1.29, 1.82) is 0 Å². The van der Waals surface area contributed by atoms with E-state index in [4.69, 9.17) is 0 Å². The zero-order valence-corrected chi connectivity index (χ0v) is 12.6. The van der Waals surface area contributed by atoms with E-state index in [0.29, 0.717) is 11.1 Å². The number of amides is 1. The van der Waals surface area contributed by atoms with Gasteiger partial charge in [-0.15, -0.1) is 0 Å². The zero-order chi connectivity index (χ0) is 15.1. The standard InChI is InChI=1S/C16H13BrN2O2/c17-14-8-6-12(7-9-14)15(20)10-11-18-19-16(21)13-4-2-1-3-5-13/h1-11,18H,(H,19,21)/b11-10-. The van der Waals surface area contributed by atoms with E-state index in [-0.39, 0.29) is 11.7 Å². The lowest BCUT2D eigenvalue weighted by atomic mass is 10.1. The molecule has 0 unspecified atom stereocenters. The van der Waals surface area contributed by atoms with Crippen molar-refractivity contribution in [2.75, 3.05) is 0 Å². The summed E-state index contributed by atoms with van der Waals surface area (Å²) in [5, 5.41) is 0. The summed E-state index contributed by atoms with van der Waals surface area (Å²) in [7, 11) is 0. The predicted molar refractivity (Wildman–Crippen MR) is 84.7 cm³/mol. The Kier molecular flexibility index (Phi) is 5.29. The van der Waals surface area contributed by atoms with Gasteiger partial charge in [-0.2, -0.15) is 0 Å². The van der Waals surface area contributed by atoms with Crippen LogP contribution in [0.3, 0.4) is 0 Å². The second kappa shape index (κ2) is 7.40. The molecule has 5 heteroatoms. The van der Waals surface area contributed by atoms with Gasteiger partial charge < -0.3 is 5.43 Å². The summed E-state index contributed by atoms with van der Waals surface area (Å²) < 4.78 is 0.913. The van der Waals surface area contributed by atoms with E-state index >= 15 is 0 Å². The molecule has 0 saturated carbocycles. The number of ketones is 1. The van der Waals surface area contributed by atoms with Gasteiger partial charge in [0.05, 0.1) is 0 Å². The molecule has 0 aliphatic rings. The Hall–Kier alpha value is -2.40. The first-order valence-corrected chi connectivity index (χ1v) is 7.03. The molecule has 21 heavy (non-hydrogen) atoms. The van der Waals surface area contributed by atoms with Gasteiger partial charge in [0, 0.05) is 27.9 Å². The Morgan fingerprint density at radius 1 is 0.905 bits per heavy atom. The number of benzene rings is 2. The van der Waals surface area contributed by atoms with E-state index < -0.39 is 0 Å². The number of hydrazine groups is 1. The third-order valence-corrected chi connectivity index (χ3v) is 3.20. The van der Waals surface area contributed by atoms with Crippen LogP contribution in [-0.4, -0.2) is 11.7 Å². The molecular weight excluding hydrogens is 332 g/mol. The van der Waals surface area contributed by atoms with Crippen molar-refractivity contribution in [2.45, 2.75) is 0 Å². The van der Waals surface area contributed by atoms with E-state index in [1.165, 1.54) is 12.3 Å². The number of nitrogens with one attached hydrogen (secondary N) is 2. The van der Waals surface area contributed by atoms with Crippen LogP contribution in [-0.2, 0) is 0 Å². The van der Waals surface area contributed by atoms with Gasteiger partial charge in [-0.25, -0.2) is 0 Å². The first-order valence-electron chi connectivity index (χ1n) is 6.24. The van der Waals surface area contributed by atoms with Crippen molar-refractivity contribution >= 4 is 27.6 Å². The Balaban J connectivity index is 1.84. The van der Waals surface area contributed by atoms with Gasteiger partial charge in [-0.1, -0.05) is 34.1 Å². The highest BCUT2D eigenvalue weighted by molar-refractivity contribution is 9.10. The molecule has 106 valence electrons. The smallest absolute Gasteiger partial charge is 0.269 e. The van der Waals surface area contributed by atoms with Crippen molar-refractivity contribution < 1.29 is 9.59 Å². The van der Waals surface area contributed by atoms with Gasteiger partial charge in [0.2, 0.25) is 0 Å². The average Bonchev–Trinajstić information content (AvgIpc) is 2.52. The molecule has 0 spiro atoms. The predicted octanol–water partition coefficient (Wildman–Crippen LogP) is 3.08. The third kappa shape index (κ3) is 4.57. The van der Waals surface area contributed by atoms with E-state index in [1.807, 2.05) is 6.07 Å². The highest BCUT2D eigenvalue weighted by Crippen LogP contribution is 2.11. The van der Waals surface area contributed by atoms with Crippen LogP contribution >= 0.6 is 15.9 Å². The van der Waals surface area contributed by atoms with E-state index in [0.717, 1.165) is 4.47 Å². The molecule has 1 amide bonds. The number of carbonyl (C=O) groups excluding carboxylic acids is 2. The Labute approximate surface area is 131 Å². The van der Waals surface area contributed by atoms with E-state index in [2.05, 4.69) is 26.8 Å². The Morgan fingerprint density at radius 3 is 2.24 bits per heavy atom. The molecule has 0 bridgehead atoms. The third-order valence-electron chi connectivity index (χ3n) is 2.67. The quantitative estimate of drug-likeness (QED) is 0.497. The van der Waals surface area contributed by atoms with Crippen LogP contribution in [0, 0.1) is 0 Å². The maximum atomic E-state index is 11.8. The molecule has 2 rings (SSSR count). The molecule has 0 saturated heterocycles. The summed E-state index contributed by atoms with van der Waals surface area (Å²) in [4.78, 5) is 23.5. The second-order valence-electron chi connectivity index (χ2n) is 4.17. The topological polar surface area (TPSA) is 58.2 Å². The van der Waals surface area contributed by atoms with Crippen LogP contribution in [0.15, 0.2) is 71.3 Å². The minimum Gasteiger partial charge on any atom is -0.305 e. The highest BCUT2D eigenvalue weighted by Gasteiger charge is 2.02. The van der Waals surface area contributed by atoms with Gasteiger partial charge in [0.1, 0.15) is 0 Å². The molecule has 4 nitrogen and oxygen atoms in total. The van der Waals surface area contributed by atoms with Crippen molar-refractivity contribution in [3.63, 3.8) is 0 Å². The SMILES string of the molecule is O=C(/C=C\NNC(=O)c1ccccc1)c1ccc(Br)cc1. The summed E-state index contributed by atoms with van der Waals surface area (Å²) in [5.41, 5.74) is 6.18. The van der Waals surface area contributed by atoms with Gasteiger partial charge in [-0.3, -0.25) is 15.0 Å². The van der Waals surface area contributed by atoms with E-state index in [1.54, 1.807) is 48.5 Å². The Bertz CT molecular complexity index is 652. The summed E-state index contributed by atoms with van der Waals surface area (Å²) in [6.45, 7) is 0. The maximum Gasteiger partial charge on any atom is 0.269 e. The number of halogens is 1. The maximum absolute atomic E-state index is 11.8. The lowest BCUT2D eigenvalue weighted by molar-refractivity contribution is 0.0939. The molecule has 0 atom stereocenters. The fraction of sp³-hybridized carbons (Fsp3) is 0. The first kappa shape index (κ1) is 15.0. The summed E-state index contributed by atoms with van der Waals surface area (Å²) in [6.07, 6.45) is 2.75. The van der Waals surface area contributed by atoms with Crippen molar-refractivity contribution in [3.8, 4) is 0 Å². The van der Waals surface area contributed by atoms with Gasteiger partial charge in [0.25, 0.3) is 5.91 Å². The number of hydrogen-bond donors (Lipinski definition) is 2. The van der Waals surface area contributed by atoms with Gasteiger partial charge in [0.15, 0.2) is 5.78 Å². The Morgan fingerprint density at radius 2 is 1.57 bits per heavy atom. The van der Waals surface area contributed by atoms with E-state index in [9.17, 15) is 9.59 Å². The fourth-order valence-electron chi connectivity index (χ4n) is 1.60. The number of carbonyl (C=O) groups is 2. The molecular formula is C16H13BrN2O2. The molecule has 2 aromatic rings. The van der Waals surface area contributed by atoms with Crippen LogP contribution in [0.1, 0.15) is 20.7 Å². The highest BCUT2D eigenvalue weighted by atomic mass is 79.9. The molecule has 0 aromatic heterocycles. The van der Waals surface area contributed by atoms with Crippen molar-refractivity contribution in [1.82, 2.24) is 10.9 Å². The summed E-state index contributed by atoms with van der Waals surface area (Å²) in [6, 6.07) is 15.8. The van der Waals surface area contributed by atoms with Crippen LogP contribution in [0.4, 0.5) is 0 Å². The molecule has 0 fully saturated rings. The molecule has 0 radical (unpaired) electrons. The lowest BCUT2D eigenvalue weighted by Gasteiger charge is -2.03. The number of allylic oxidation sites excluding steroid dienone is 1. The second-order valence-corrected chi connectivity index (χ2v) is 5.08. The van der Waals surface area contributed by atoms with Crippen LogP contribution in [0.25, 0.3) is 0 Å². The van der Waals surface area contributed by atoms with Crippen LogP contribution in [0.5, 0.6) is 0 Å².